The van der Waals surface area contributed by atoms with Crippen LogP contribution in [-0.2, 0) is 14.8 Å². The average Bonchev–Trinajstić information content (AvgIpc) is 3.45. The lowest BCUT2D eigenvalue weighted by atomic mass is 10.2. The van der Waals surface area contributed by atoms with Gasteiger partial charge in [0.25, 0.3) is 5.91 Å². The van der Waals surface area contributed by atoms with Crippen LogP contribution in [-0.4, -0.2) is 62.2 Å². The predicted octanol–water partition coefficient (Wildman–Crippen LogP) is 3.10. The van der Waals surface area contributed by atoms with E-state index in [4.69, 9.17) is 9.15 Å². The fraction of sp³-hybridized carbons (Fsp3) is 0.478. The Morgan fingerprint density at radius 3 is 2.48 bits per heavy atom. The van der Waals surface area contributed by atoms with Crippen molar-refractivity contribution in [2.45, 2.75) is 49.5 Å². The summed E-state index contributed by atoms with van der Waals surface area (Å²) in [4.78, 5) is 27.4. The number of carbonyl (C=O) groups is 2. The number of nitrogens with one attached hydrogen (secondary N) is 1. The Morgan fingerprint density at radius 1 is 1.06 bits per heavy atom. The number of methoxy groups -OCH3 is 1. The summed E-state index contributed by atoms with van der Waals surface area (Å²) < 4.78 is 38.5. The van der Waals surface area contributed by atoms with Crippen molar-refractivity contribution < 1.29 is 27.2 Å². The molecule has 0 bridgehead atoms. The van der Waals surface area contributed by atoms with E-state index in [1.54, 1.807) is 18.2 Å². The molecule has 1 N–H and O–H groups in total. The molecule has 178 valence electrons. The van der Waals surface area contributed by atoms with Gasteiger partial charge in [0.2, 0.25) is 15.9 Å². The van der Waals surface area contributed by atoms with E-state index in [2.05, 4.69) is 5.32 Å². The molecule has 4 rings (SSSR count). The minimum Gasteiger partial charge on any atom is -0.495 e. The standard InChI is InChI=1S/C23H29N3O6S/c1-31-20-11-10-17(33(29,30)25-12-4-2-3-5-13-25)16-18(20)24-22(27)19-8-6-14-26(19)23(28)21-9-7-15-32-21/h7,9-11,15-16,19H,2-6,8,12-14H2,1H3,(H,24,27). The molecule has 0 saturated carbocycles. The highest BCUT2D eigenvalue weighted by Crippen LogP contribution is 2.31. The summed E-state index contributed by atoms with van der Waals surface area (Å²) in [6.07, 6.45) is 6.31. The third-order valence-electron chi connectivity index (χ3n) is 6.18. The summed E-state index contributed by atoms with van der Waals surface area (Å²) in [5.41, 5.74) is 0.260. The summed E-state index contributed by atoms with van der Waals surface area (Å²) in [5.74, 6) is -0.213. The van der Waals surface area contributed by atoms with Crippen LogP contribution in [0.2, 0.25) is 0 Å². The number of sulfonamides is 1. The van der Waals surface area contributed by atoms with Crippen LogP contribution in [0.5, 0.6) is 5.75 Å². The van der Waals surface area contributed by atoms with Gasteiger partial charge in [-0.05, 0) is 56.0 Å². The fourth-order valence-corrected chi connectivity index (χ4v) is 5.96. The molecule has 33 heavy (non-hydrogen) atoms. The molecule has 2 fully saturated rings. The highest BCUT2D eigenvalue weighted by atomic mass is 32.2. The third-order valence-corrected chi connectivity index (χ3v) is 8.07. The number of likely N-dealkylation sites (tertiary alicyclic amines) is 1. The molecular formula is C23H29N3O6S. The van der Waals surface area contributed by atoms with Crippen LogP contribution in [0.3, 0.4) is 0 Å². The maximum absolute atomic E-state index is 13.2. The molecule has 0 radical (unpaired) electrons. The van der Waals surface area contributed by atoms with Crippen LogP contribution in [0, 0.1) is 0 Å². The Balaban J connectivity index is 1.55. The lowest BCUT2D eigenvalue weighted by Gasteiger charge is -2.24. The van der Waals surface area contributed by atoms with Crippen LogP contribution in [0.4, 0.5) is 5.69 Å². The Morgan fingerprint density at radius 2 is 1.82 bits per heavy atom. The predicted molar refractivity (Wildman–Crippen MR) is 122 cm³/mol. The van der Waals surface area contributed by atoms with Crippen LogP contribution < -0.4 is 10.1 Å². The molecule has 2 aliphatic rings. The molecule has 0 spiro atoms. The maximum atomic E-state index is 13.2. The van der Waals surface area contributed by atoms with Gasteiger partial charge < -0.3 is 19.4 Å². The molecule has 10 heteroatoms. The SMILES string of the molecule is COc1ccc(S(=O)(=O)N2CCCCCC2)cc1NC(=O)C1CCCN1C(=O)c1ccco1. The second-order valence-corrected chi connectivity index (χ2v) is 10.2. The van der Waals surface area contributed by atoms with E-state index in [1.807, 2.05) is 0 Å². The van der Waals surface area contributed by atoms with Crippen molar-refractivity contribution in [2.75, 3.05) is 32.1 Å². The van der Waals surface area contributed by atoms with Crippen LogP contribution >= 0.6 is 0 Å². The van der Waals surface area contributed by atoms with E-state index in [9.17, 15) is 18.0 Å². The van der Waals surface area contributed by atoms with Crippen molar-refractivity contribution in [2.24, 2.45) is 0 Å². The first kappa shape index (κ1) is 23.3. The summed E-state index contributed by atoms with van der Waals surface area (Å²) in [5, 5.41) is 2.79. The quantitative estimate of drug-likeness (QED) is 0.688. The largest absolute Gasteiger partial charge is 0.495 e. The number of hydrogen-bond donors (Lipinski definition) is 1. The topological polar surface area (TPSA) is 109 Å². The zero-order chi connectivity index (χ0) is 23.4. The van der Waals surface area contributed by atoms with Crippen molar-refractivity contribution in [3.63, 3.8) is 0 Å². The number of furan rings is 1. The number of ether oxygens (including phenoxy) is 1. The number of benzene rings is 1. The van der Waals surface area contributed by atoms with Crippen LogP contribution in [0.25, 0.3) is 0 Å². The number of hydrogen-bond acceptors (Lipinski definition) is 6. The number of carbonyl (C=O) groups excluding carboxylic acids is 2. The smallest absolute Gasteiger partial charge is 0.290 e. The third kappa shape index (κ3) is 4.91. The number of nitrogens with zero attached hydrogens (tertiary/aromatic N) is 2. The Kier molecular flexibility index (Phi) is 7.04. The number of rotatable bonds is 6. The van der Waals surface area contributed by atoms with Gasteiger partial charge in [-0.15, -0.1) is 0 Å². The lowest BCUT2D eigenvalue weighted by molar-refractivity contribution is -0.119. The van der Waals surface area contributed by atoms with Gasteiger partial charge in [-0.1, -0.05) is 12.8 Å². The summed E-state index contributed by atoms with van der Waals surface area (Å²) >= 11 is 0. The first-order valence-corrected chi connectivity index (χ1v) is 12.7. The highest BCUT2D eigenvalue weighted by molar-refractivity contribution is 7.89. The number of anilines is 1. The molecule has 1 aromatic heterocycles. The summed E-state index contributed by atoms with van der Waals surface area (Å²) in [6.45, 7) is 1.42. The molecule has 2 aliphatic heterocycles. The Bertz CT molecular complexity index is 1090. The normalized spacial score (nSPS) is 19.8. The molecule has 2 saturated heterocycles. The van der Waals surface area contributed by atoms with E-state index in [0.29, 0.717) is 38.2 Å². The average molecular weight is 476 g/mol. The molecule has 9 nitrogen and oxygen atoms in total. The second kappa shape index (κ2) is 9.96. The van der Waals surface area contributed by atoms with Gasteiger partial charge >= 0.3 is 0 Å². The van der Waals surface area contributed by atoms with E-state index >= 15 is 0 Å². The summed E-state index contributed by atoms with van der Waals surface area (Å²) in [7, 11) is -2.24. The van der Waals surface area contributed by atoms with Crippen molar-refractivity contribution in [3.05, 3.63) is 42.4 Å². The van der Waals surface area contributed by atoms with E-state index in [0.717, 1.165) is 25.7 Å². The van der Waals surface area contributed by atoms with Gasteiger partial charge in [-0.3, -0.25) is 9.59 Å². The van der Waals surface area contributed by atoms with Crippen LogP contribution in [0.15, 0.2) is 45.9 Å². The first-order chi connectivity index (χ1) is 15.9. The van der Waals surface area contributed by atoms with Crippen molar-refractivity contribution in [1.82, 2.24) is 9.21 Å². The monoisotopic (exact) mass is 475 g/mol. The molecule has 1 unspecified atom stereocenters. The first-order valence-electron chi connectivity index (χ1n) is 11.3. The van der Waals surface area contributed by atoms with Crippen LogP contribution in [0.1, 0.15) is 49.1 Å². The molecule has 0 aliphatic carbocycles. The van der Waals surface area contributed by atoms with E-state index in [1.165, 1.54) is 34.7 Å². The zero-order valence-corrected chi connectivity index (χ0v) is 19.5. The Labute approximate surface area is 193 Å². The minimum atomic E-state index is -3.69. The van der Waals surface area contributed by atoms with Gasteiger partial charge in [0, 0.05) is 19.6 Å². The molecule has 1 atom stereocenters. The lowest BCUT2D eigenvalue weighted by Crippen LogP contribution is -2.43. The highest BCUT2D eigenvalue weighted by Gasteiger charge is 2.36. The molecule has 2 aromatic rings. The fourth-order valence-electron chi connectivity index (χ4n) is 4.42. The van der Waals surface area contributed by atoms with Gasteiger partial charge in [-0.25, -0.2) is 8.42 Å². The summed E-state index contributed by atoms with van der Waals surface area (Å²) in [6, 6.07) is 6.98. The number of amides is 2. The van der Waals surface area contributed by atoms with Crippen molar-refractivity contribution in [3.8, 4) is 5.75 Å². The van der Waals surface area contributed by atoms with Gasteiger partial charge in [0.1, 0.15) is 11.8 Å². The van der Waals surface area contributed by atoms with Crippen molar-refractivity contribution in [1.29, 1.82) is 0 Å². The zero-order valence-electron chi connectivity index (χ0n) is 18.7. The van der Waals surface area contributed by atoms with E-state index in [-0.39, 0.29) is 22.3 Å². The van der Waals surface area contributed by atoms with Gasteiger partial charge in [0.15, 0.2) is 5.76 Å². The second-order valence-electron chi connectivity index (χ2n) is 8.30. The minimum absolute atomic E-state index is 0.107. The molecule has 1 aromatic carbocycles. The maximum Gasteiger partial charge on any atom is 0.290 e. The molecule has 2 amide bonds. The van der Waals surface area contributed by atoms with Gasteiger partial charge in [0.05, 0.1) is 24.0 Å². The molecule has 3 heterocycles. The molecular weight excluding hydrogens is 446 g/mol. The van der Waals surface area contributed by atoms with Crippen molar-refractivity contribution >= 4 is 27.5 Å². The van der Waals surface area contributed by atoms with E-state index < -0.39 is 22.0 Å². The Hall–Kier alpha value is -2.85. The van der Waals surface area contributed by atoms with Gasteiger partial charge in [-0.2, -0.15) is 4.31 Å².